The van der Waals surface area contributed by atoms with E-state index in [1.807, 2.05) is 18.5 Å². The molecule has 4 heteroatoms. The Balaban J connectivity index is 1.87. The van der Waals surface area contributed by atoms with Crippen molar-refractivity contribution < 1.29 is 9.53 Å². The van der Waals surface area contributed by atoms with Gasteiger partial charge < -0.3 is 15.0 Å². The van der Waals surface area contributed by atoms with Crippen LogP contribution in [0.1, 0.15) is 31.2 Å². The fraction of sp³-hybridized carbons (Fsp3) is 0.583. The molecule has 1 aromatic rings. The highest BCUT2D eigenvalue weighted by Crippen LogP contribution is 2.35. The molecule has 1 aliphatic carbocycles. The molecule has 1 aliphatic rings. The van der Waals surface area contributed by atoms with Gasteiger partial charge in [-0.05, 0) is 30.9 Å². The zero-order chi connectivity index (χ0) is 11.4. The van der Waals surface area contributed by atoms with E-state index in [9.17, 15) is 4.79 Å². The van der Waals surface area contributed by atoms with E-state index >= 15 is 0 Å². The number of hydrogen-bond acceptors (Lipinski definition) is 3. The monoisotopic (exact) mass is 222 g/mol. The van der Waals surface area contributed by atoms with Gasteiger partial charge in [0.1, 0.15) is 0 Å². The lowest BCUT2D eigenvalue weighted by atomic mass is 9.74. The number of aromatic amines is 1. The fourth-order valence-corrected chi connectivity index (χ4v) is 2.13. The Hall–Kier alpha value is -1.29. The highest BCUT2D eigenvalue weighted by Gasteiger charge is 2.38. The van der Waals surface area contributed by atoms with Crippen molar-refractivity contribution in [3.63, 3.8) is 0 Å². The van der Waals surface area contributed by atoms with Gasteiger partial charge in [-0.3, -0.25) is 4.79 Å². The van der Waals surface area contributed by atoms with Gasteiger partial charge in [0.05, 0.1) is 13.5 Å². The average molecular weight is 222 g/mol. The minimum Gasteiger partial charge on any atom is -0.469 e. The Morgan fingerprint density at radius 2 is 2.44 bits per heavy atom. The van der Waals surface area contributed by atoms with Crippen LogP contribution in [-0.2, 0) is 16.1 Å². The van der Waals surface area contributed by atoms with E-state index in [0.717, 1.165) is 19.4 Å². The van der Waals surface area contributed by atoms with Gasteiger partial charge in [0.2, 0.25) is 0 Å². The van der Waals surface area contributed by atoms with Crippen LogP contribution in [0.5, 0.6) is 0 Å². The van der Waals surface area contributed by atoms with Crippen molar-refractivity contribution in [1.29, 1.82) is 0 Å². The summed E-state index contributed by atoms with van der Waals surface area (Å²) in [5, 5.41) is 3.48. The van der Waals surface area contributed by atoms with Gasteiger partial charge in [0.25, 0.3) is 0 Å². The molecule has 0 saturated heterocycles. The normalized spacial score (nSPS) is 17.8. The van der Waals surface area contributed by atoms with Crippen LogP contribution in [-0.4, -0.2) is 23.6 Å². The third-order valence-electron chi connectivity index (χ3n) is 3.35. The third-order valence-corrected chi connectivity index (χ3v) is 3.35. The first-order valence-corrected chi connectivity index (χ1v) is 5.68. The first-order valence-electron chi connectivity index (χ1n) is 5.68. The van der Waals surface area contributed by atoms with Crippen molar-refractivity contribution in [3.05, 3.63) is 24.0 Å². The summed E-state index contributed by atoms with van der Waals surface area (Å²) in [4.78, 5) is 14.3. The molecule has 4 nitrogen and oxygen atoms in total. The van der Waals surface area contributed by atoms with E-state index in [1.54, 1.807) is 0 Å². The summed E-state index contributed by atoms with van der Waals surface area (Å²) >= 11 is 0. The van der Waals surface area contributed by atoms with Gasteiger partial charge in [-0.25, -0.2) is 0 Å². The Morgan fingerprint density at radius 1 is 1.62 bits per heavy atom. The topological polar surface area (TPSA) is 54.1 Å². The Morgan fingerprint density at radius 3 is 2.94 bits per heavy atom. The summed E-state index contributed by atoms with van der Waals surface area (Å²) < 4.78 is 4.73. The highest BCUT2D eigenvalue weighted by atomic mass is 16.5. The number of H-pyrrole nitrogens is 1. The quantitative estimate of drug-likeness (QED) is 0.744. The summed E-state index contributed by atoms with van der Waals surface area (Å²) in [6, 6.07) is 2.04. The number of ether oxygens (including phenoxy) is 1. The van der Waals surface area contributed by atoms with Crippen molar-refractivity contribution in [2.24, 2.45) is 0 Å². The van der Waals surface area contributed by atoms with E-state index < -0.39 is 0 Å². The first-order chi connectivity index (χ1) is 7.74. The molecule has 2 rings (SSSR count). The molecule has 0 aliphatic heterocycles. The Kier molecular flexibility index (Phi) is 3.29. The highest BCUT2D eigenvalue weighted by molar-refractivity contribution is 5.71. The minimum absolute atomic E-state index is 0.0234. The molecule has 0 spiro atoms. The van der Waals surface area contributed by atoms with Crippen molar-refractivity contribution in [3.8, 4) is 0 Å². The summed E-state index contributed by atoms with van der Waals surface area (Å²) in [6.45, 7) is 0.806. The van der Waals surface area contributed by atoms with Crippen LogP contribution in [0, 0.1) is 0 Å². The molecule has 0 bridgehead atoms. The van der Waals surface area contributed by atoms with Crippen LogP contribution in [0.3, 0.4) is 0 Å². The molecule has 0 aromatic carbocycles. The zero-order valence-corrected chi connectivity index (χ0v) is 9.58. The molecule has 2 N–H and O–H groups in total. The predicted octanol–water partition coefficient (Wildman–Crippen LogP) is 1.59. The van der Waals surface area contributed by atoms with Gasteiger partial charge in [-0.2, -0.15) is 0 Å². The molecule has 0 unspecified atom stereocenters. The van der Waals surface area contributed by atoms with E-state index in [2.05, 4.69) is 10.3 Å². The van der Waals surface area contributed by atoms with E-state index in [-0.39, 0.29) is 11.5 Å². The van der Waals surface area contributed by atoms with Crippen LogP contribution in [0.25, 0.3) is 0 Å². The summed E-state index contributed by atoms with van der Waals surface area (Å²) in [6.07, 6.45) is 7.67. The van der Waals surface area contributed by atoms with Crippen LogP contribution in [0.15, 0.2) is 18.5 Å². The summed E-state index contributed by atoms with van der Waals surface area (Å²) in [5.74, 6) is -0.124. The number of hydrogen-bond donors (Lipinski definition) is 2. The Labute approximate surface area is 95.4 Å². The van der Waals surface area contributed by atoms with Crippen LogP contribution in [0.2, 0.25) is 0 Å². The second-order valence-electron chi connectivity index (χ2n) is 4.46. The van der Waals surface area contributed by atoms with Crippen molar-refractivity contribution in [1.82, 2.24) is 10.3 Å². The standard InChI is InChI=1S/C12H18N2O2/c1-16-11(15)7-12(4-2-5-12)14-9-10-3-6-13-8-10/h3,6,8,13-14H,2,4-5,7,9H2,1H3. The van der Waals surface area contributed by atoms with Crippen molar-refractivity contribution in [2.75, 3.05) is 7.11 Å². The van der Waals surface area contributed by atoms with Gasteiger partial charge in [0.15, 0.2) is 0 Å². The molecule has 0 amide bonds. The number of nitrogens with one attached hydrogen (secondary N) is 2. The van der Waals surface area contributed by atoms with Crippen LogP contribution >= 0.6 is 0 Å². The molecule has 0 radical (unpaired) electrons. The molecular formula is C12H18N2O2. The smallest absolute Gasteiger partial charge is 0.307 e. The van der Waals surface area contributed by atoms with Gasteiger partial charge in [-0.15, -0.1) is 0 Å². The number of aromatic nitrogens is 1. The molecule has 16 heavy (non-hydrogen) atoms. The number of esters is 1. The lowest BCUT2D eigenvalue weighted by Gasteiger charge is -2.42. The molecule has 88 valence electrons. The van der Waals surface area contributed by atoms with Crippen LogP contribution < -0.4 is 5.32 Å². The molecule has 1 saturated carbocycles. The van der Waals surface area contributed by atoms with Gasteiger partial charge >= 0.3 is 5.97 Å². The molecule has 1 heterocycles. The Bertz CT molecular complexity index is 342. The summed E-state index contributed by atoms with van der Waals surface area (Å²) in [7, 11) is 1.45. The second-order valence-corrected chi connectivity index (χ2v) is 4.46. The molecule has 0 atom stereocenters. The minimum atomic E-state index is -0.124. The summed E-state index contributed by atoms with van der Waals surface area (Å²) in [5.41, 5.74) is 1.20. The van der Waals surface area contributed by atoms with E-state index in [0.29, 0.717) is 6.42 Å². The number of rotatable bonds is 5. The first kappa shape index (κ1) is 11.2. The van der Waals surface area contributed by atoms with Crippen molar-refractivity contribution >= 4 is 5.97 Å². The van der Waals surface area contributed by atoms with Gasteiger partial charge in [0, 0.05) is 24.5 Å². The van der Waals surface area contributed by atoms with E-state index in [4.69, 9.17) is 4.74 Å². The third kappa shape index (κ3) is 2.44. The number of carbonyl (C=O) groups excluding carboxylic acids is 1. The second kappa shape index (κ2) is 4.70. The molecular weight excluding hydrogens is 204 g/mol. The maximum Gasteiger partial charge on any atom is 0.307 e. The predicted molar refractivity (Wildman–Crippen MR) is 60.8 cm³/mol. The van der Waals surface area contributed by atoms with Crippen LogP contribution in [0.4, 0.5) is 0 Å². The average Bonchev–Trinajstić information content (AvgIpc) is 2.74. The molecule has 1 aromatic heterocycles. The number of methoxy groups -OCH3 is 1. The SMILES string of the molecule is COC(=O)CC1(NCc2cc[nH]c2)CCC1. The number of carbonyl (C=O) groups is 1. The maximum absolute atomic E-state index is 11.3. The lowest BCUT2D eigenvalue weighted by molar-refractivity contribution is -0.143. The van der Waals surface area contributed by atoms with E-state index in [1.165, 1.54) is 19.1 Å². The van der Waals surface area contributed by atoms with Gasteiger partial charge in [-0.1, -0.05) is 0 Å². The maximum atomic E-state index is 11.3. The fourth-order valence-electron chi connectivity index (χ4n) is 2.13. The molecule has 1 fully saturated rings. The largest absolute Gasteiger partial charge is 0.469 e. The lowest BCUT2D eigenvalue weighted by Crippen LogP contribution is -2.52. The van der Waals surface area contributed by atoms with Crippen molar-refractivity contribution in [2.45, 2.75) is 37.8 Å². The zero-order valence-electron chi connectivity index (χ0n) is 9.58.